The minimum atomic E-state index is -3.06. The third-order valence-electron chi connectivity index (χ3n) is 5.10. The molecule has 0 N–H and O–H groups in total. The summed E-state index contributed by atoms with van der Waals surface area (Å²) in [5.41, 5.74) is 0. The molecule has 2 aliphatic heterocycles. The highest BCUT2D eigenvalue weighted by Gasteiger charge is 2.29. The van der Waals surface area contributed by atoms with Crippen molar-refractivity contribution >= 4 is 10.0 Å². The molecule has 136 valence electrons. The summed E-state index contributed by atoms with van der Waals surface area (Å²) in [7, 11) is -1.33. The summed E-state index contributed by atoms with van der Waals surface area (Å²) in [6, 6.07) is 0.166. The average Bonchev–Trinajstić information content (AvgIpc) is 2.52. The first-order valence-electron chi connectivity index (χ1n) is 8.87. The van der Waals surface area contributed by atoms with Crippen molar-refractivity contribution in [3.63, 3.8) is 0 Å². The largest absolute Gasteiger partial charge is 0.373 e. The molecule has 6 nitrogen and oxygen atoms in total. The Morgan fingerprint density at radius 2 is 1.57 bits per heavy atom. The van der Waals surface area contributed by atoms with E-state index in [-0.39, 0.29) is 11.8 Å². The third kappa shape index (κ3) is 5.39. The van der Waals surface area contributed by atoms with Gasteiger partial charge in [0, 0.05) is 39.3 Å². The number of piperidine rings is 1. The first-order valence-corrected chi connectivity index (χ1v) is 10.5. The van der Waals surface area contributed by atoms with Crippen LogP contribution in [-0.2, 0) is 14.8 Å². The van der Waals surface area contributed by atoms with Crippen molar-refractivity contribution in [2.75, 3.05) is 52.1 Å². The maximum atomic E-state index is 12.0. The number of nitrogens with zero attached hydrogens (tertiary/aromatic N) is 3. The zero-order valence-electron chi connectivity index (χ0n) is 15.1. The van der Waals surface area contributed by atoms with Crippen LogP contribution in [0.2, 0.25) is 0 Å². The van der Waals surface area contributed by atoms with Gasteiger partial charge in [0.05, 0.1) is 18.0 Å². The smallest absolute Gasteiger partial charge is 0.213 e. The van der Waals surface area contributed by atoms with Gasteiger partial charge in [0.2, 0.25) is 10.0 Å². The fourth-order valence-electron chi connectivity index (χ4n) is 3.69. The highest BCUT2D eigenvalue weighted by atomic mass is 32.2. The number of sulfonamides is 1. The van der Waals surface area contributed by atoms with E-state index in [2.05, 4.69) is 23.6 Å². The lowest BCUT2D eigenvalue weighted by molar-refractivity contribution is -0.0697. The lowest BCUT2D eigenvalue weighted by Crippen LogP contribution is -2.50. The van der Waals surface area contributed by atoms with Gasteiger partial charge in [-0.25, -0.2) is 12.7 Å². The second-order valence-corrected chi connectivity index (χ2v) is 9.32. The van der Waals surface area contributed by atoms with Crippen LogP contribution in [0.4, 0.5) is 0 Å². The average molecular weight is 348 g/mol. The topological polar surface area (TPSA) is 53.1 Å². The summed E-state index contributed by atoms with van der Waals surface area (Å²) in [6.07, 6.45) is 2.51. The van der Waals surface area contributed by atoms with E-state index < -0.39 is 10.0 Å². The predicted molar refractivity (Wildman–Crippen MR) is 93.1 cm³/mol. The van der Waals surface area contributed by atoms with E-state index in [9.17, 15) is 8.42 Å². The summed E-state index contributed by atoms with van der Waals surface area (Å²) in [4.78, 5) is 4.95. The zero-order valence-corrected chi connectivity index (χ0v) is 15.9. The van der Waals surface area contributed by atoms with E-state index in [1.807, 2.05) is 0 Å². The third-order valence-corrected chi connectivity index (χ3v) is 7.01. The molecule has 0 saturated carbocycles. The van der Waals surface area contributed by atoms with Gasteiger partial charge in [-0.1, -0.05) is 0 Å². The van der Waals surface area contributed by atoms with E-state index in [0.717, 1.165) is 52.1 Å². The molecule has 0 aliphatic carbocycles. The van der Waals surface area contributed by atoms with Gasteiger partial charge in [0.1, 0.15) is 0 Å². The minimum absolute atomic E-state index is 0.166. The standard InChI is InChI=1S/C16H33N3O3S/c1-5-23(20,21)17(4)16-6-8-18(9-7-16)10-11-19-12-14(2)22-15(3)13-19/h14-16H,5-13H2,1-4H3/t14-,15+. The monoisotopic (exact) mass is 347 g/mol. The second kappa shape index (κ2) is 8.25. The molecule has 0 bridgehead atoms. The molecule has 0 amide bonds. The first kappa shape index (κ1) is 19.1. The van der Waals surface area contributed by atoms with Crippen molar-refractivity contribution in [2.24, 2.45) is 0 Å². The molecule has 2 saturated heterocycles. The molecular formula is C16H33N3O3S. The molecule has 2 rings (SSSR count). The van der Waals surface area contributed by atoms with Gasteiger partial charge in [0.15, 0.2) is 0 Å². The Morgan fingerprint density at radius 3 is 2.09 bits per heavy atom. The van der Waals surface area contributed by atoms with Crippen LogP contribution in [0.3, 0.4) is 0 Å². The Bertz CT molecular complexity index is 453. The lowest BCUT2D eigenvalue weighted by Gasteiger charge is -2.39. The van der Waals surface area contributed by atoms with E-state index in [4.69, 9.17) is 4.74 Å². The number of ether oxygens (including phenoxy) is 1. The van der Waals surface area contributed by atoms with Crippen molar-refractivity contribution in [2.45, 2.75) is 51.9 Å². The Hall–Kier alpha value is -0.210. The fourth-order valence-corrected chi connectivity index (χ4v) is 4.76. The van der Waals surface area contributed by atoms with E-state index in [0.29, 0.717) is 12.2 Å². The van der Waals surface area contributed by atoms with Gasteiger partial charge in [0.25, 0.3) is 0 Å². The van der Waals surface area contributed by atoms with Crippen LogP contribution in [0, 0.1) is 0 Å². The van der Waals surface area contributed by atoms with Crippen LogP contribution in [0.15, 0.2) is 0 Å². The molecule has 0 unspecified atom stereocenters. The number of morpholine rings is 1. The maximum Gasteiger partial charge on any atom is 0.213 e. The summed E-state index contributed by atoms with van der Waals surface area (Å²) < 4.78 is 31.3. The fraction of sp³-hybridized carbons (Fsp3) is 1.00. The molecule has 0 radical (unpaired) electrons. The summed E-state index contributed by atoms with van der Waals surface area (Å²) >= 11 is 0. The maximum absolute atomic E-state index is 12.0. The van der Waals surface area contributed by atoms with Gasteiger partial charge in [-0.05, 0) is 46.7 Å². The number of hydrogen-bond acceptors (Lipinski definition) is 5. The summed E-state index contributed by atoms with van der Waals surface area (Å²) in [5, 5.41) is 0. The molecule has 0 aromatic rings. The summed E-state index contributed by atoms with van der Waals surface area (Å²) in [6.45, 7) is 12.1. The van der Waals surface area contributed by atoms with Crippen molar-refractivity contribution in [3.05, 3.63) is 0 Å². The molecular weight excluding hydrogens is 314 g/mol. The van der Waals surface area contributed by atoms with Crippen LogP contribution in [0.25, 0.3) is 0 Å². The van der Waals surface area contributed by atoms with Gasteiger partial charge < -0.3 is 9.64 Å². The van der Waals surface area contributed by atoms with Crippen molar-refractivity contribution in [1.29, 1.82) is 0 Å². The van der Waals surface area contributed by atoms with E-state index >= 15 is 0 Å². The van der Waals surface area contributed by atoms with Gasteiger partial charge >= 0.3 is 0 Å². The quantitative estimate of drug-likeness (QED) is 0.713. The van der Waals surface area contributed by atoms with E-state index in [1.54, 1.807) is 18.3 Å². The summed E-state index contributed by atoms with van der Waals surface area (Å²) in [5.74, 6) is 0.192. The molecule has 2 aliphatic rings. The minimum Gasteiger partial charge on any atom is -0.373 e. The van der Waals surface area contributed by atoms with Crippen LogP contribution in [0.5, 0.6) is 0 Å². The van der Waals surface area contributed by atoms with Crippen LogP contribution in [0.1, 0.15) is 33.6 Å². The highest BCUT2D eigenvalue weighted by molar-refractivity contribution is 7.89. The predicted octanol–water partition coefficient (Wildman–Crippen LogP) is 0.842. The number of likely N-dealkylation sites (tertiary alicyclic amines) is 1. The van der Waals surface area contributed by atoms with Crippen LogP contribution < -0.4 is 0 Å². The van der Waals surface area contributed by atoms with Gasteiger partial charge in [-0.2, -0.15) is 0 Å². The van der Waals surface area contributed by atoms with Gasteiger partial charge in [-0.15, -0.1) is 0 Å². The molecule has 2 atom stereocenters. The van der Waals surface area contributed by atoms with Gasteiger partial charge in [-0.3, -0.25) is 4.90 Å². The van der Waals surface area contributed by atoms with E-state index in [1.165, 1.54) is 0 Å². The molecule has 0 aromatic heterocycles. The normalized spacial score (nSPS) is 29.3. The molecule has 2 heterocycles. The zero-order chi connectivity index (χ0) is 17.0. The second-order valence-electron chi connectivity index (χ2n) is 7.01. The molecule has 2 fully saturated rings. The van der Waals surface area contributed by atoms with Crippen molar-refractivity contribution in [3.8, 4) is 0 Å². The van der Waals surface area contributed by atoms with Crippen LogP contribution >= 0.6 is 0 Å². The molecule has 23 heavy (non-hydrogen) atoms. The first-order chi connectivity index (χ1) is 10.8. The SMILES string of the molecule is CCS(=O)(=O)N(C)C1CCN(CCN2C[C@@H](C)O[C@@H](C)C2)CC1. The molecule has 0 spiro atoms. The molecule has 0 aromatic carbocycles. The Labute approximate surface area is 141 Å². The number of hydrogen-bond donors (Lipinski definition) is 0. The Balaban J connectivity index is 1.73. The highest BCUT2D eigenvalue weighted by Crippen LogP contribution is 2.18. The van der Waals surface area contributed by atoms with Crippen molar-refractivity contribution in [1.82, 2.24) is 14.1 Å². The van der Waals surface area contributed by atoms with Crippen molar-refractivity contribution < 1.29 is 13.2 Å². The molecule has 7 heteroatoms. The lowest BCUT2D eigenvalue weighted by atomic mass is 10.1. The Morgan fingerprint density at radius 1 is 1.04 bits per heavy atom. The number of rotatable bonds is 6. The van der Waals surface area contributed by atoms with Crippen LogP contribution in [-0.4, -0.2) is 92.8 Å². The Kier molecular flexibility index (Phi) is 6.86.